The number of nitrogens with zero attached hydrogens (tertiary/aromatic N) is 3. The van der Waals surface area contributed by atoms with Gasteiger partial charge in [-0.15, -0.1) is 0 Å². The summed E-state index contributed by atoms with van der Waals surface area (Å²) in [6.07, 6.45) is 0.0779. The number of benzene rings is 3. The quantitative estimate of drug-likeness (QED) is 0.364. The number of esters is 1. The number of fused-ring (bicyclic) bond motifs is 1. The lowest BCUT2D eigenvalue weighted by atomic mass is 10.1. The largest absolute Gasteiger partial charge is 0.452 e. The Hall–Kier alpha value is -4.48. The van der Waals surface area contributed by atoms with Crippen LogP contribution >= 0.6 is 11.6 Å². The first-order valence-electron chi connectivity index (χ1n) is 10.6. The van der Waals surface area contributed by atoms with Gasteiger partial charge in [-0.2, -0.15) is 5.26 Å². The molecule has 0 saturated carbocycles. The van der Waals surface area contributed by atoms with Gasteiger partial charge in [0.1, 0.15) is 0 Å². The van der Waals surface area contributed by atoms with Crippen LogP contribution in [-0.2, 0) is 9.53 Å². The summed E-state index contributed by atoms with van der Waals surface area (Å²) in [6, 6.07) is 20.9. The van der Waals surface area contributed by atoms with Gasteiger partial charge in [0.25, 0.3) is 17.7 Å². The highest BCUT2D eigenvalue weighted by atomic mass is 35.5. The molecule has 0 spiro atoms. The predicted molar refractivity (Wildman–Crippen MR) is 128 cm³/mol. The summed E-state index contributed by atoms with van der Waals surface area (Å²) in [6.45, 7) is -0.476. The van der Waals surface area contributed by atoms with Crippen LogP contribution in [0.4, 0.5) is 11.4 Å². The van der Waals surface area contributed by atoms with E-state index in [1.54, 1.807) is 48.5 Å². The van der Waals surface area contributed by atoms with Crippen LogP contribution in [0.5, 0.6) is 0 Å². The first-order valence-corrected chi connectivity index (χ1v) is 11.0. The lowest BCUT2D eigenvalue weighted by Gasteiger charge is -2.22. The molecule has 0 radical (unpaired) electrons. The van der Waals surface area contributed by atoms with Crippen LogP contribution in [0.3, 0.4) is 0 Å². The Balaban J connectivity index is 1.47. The SMILES string of the molecule is N#CCCN(C(=O)COC(=O)c1cccc(N2C(=O)c3ccccc3C2=O)c1)c1cccc(Cl)c1. The first kappa shape index (κ1) is 23.7. The third-order valence-electron chi connectivity index (χ3n) is 5.33. The van der Waals surface area contributed by atoms with Crippen molar-refractivity contribution in [3.63, 3.8) is 0 Å². The van der Waals surface area contributed by atoms with E-state index >= 15 is 0 Å². The number of halogens is 1. The number of nitriles is 1. The molecule has 8 nitrogen and oxygen atoms in total. The first-order chi connectivity index (χ1) is 16.9. The van der Waals surface area contributed by atoms with Crippen LogP contribution in [0.25, 0.3) is 0 Å². The highest BCUT2D eigenvalue weighted by molar-refractivity contribution is 6.34. The molecule has 0 unspecified atom stereocenters. The molecule has 0 fully saturated rings. The zero-order chi connectivity index (χ0) is 24.9. The van der Waals surface area contributed by atoms with E-state index in [1.807, 2.05) is 6.07 Å². The van der Waals surface area contributed by atoms with Crippen molar-refractivity contribution >= 4 is 46.7 Å². The number of carbonyl (C=O) groups excluding carboxylic acids is 4. The van der Waals surface area contributed by atoms with Crippen molar-refractivity contribution in [3.8, 4) is 6.07 Å². The molecule has 0 saturated heterocycles. The van der Waals surface area contributed by atoms with Crippen molar-refractivity contribution in [1.29, 1.82) is 5.26 Å². The fraction of sp³-hybridized carbons (Fsp3) is 0.115. The summed E-state index contributed by atoms with van der Waals surface area (Å²) in [7, 11) is 0. The van der Waals surface area contributed by atoms with Gasteiger partial charge in [0, 0.05) is 17.3 Å². The van der Waals surface area contributed by atoms with Crippen molar-refractivity contribution in [3.05, 3.63) is 94.5 Å². The maximum absolute atomic E-state index is 12.8. The van der Waals surface area contributed by atoms with E-state index in [9.17, 15) is 19.2 Å². The second-order valence-electron chi connectivity index (χ2n) is 7.55. The van der Waals surface area contributed by atoms with Crippen LogP contribution in [0.15, 0.2) is 72.8 Å². The zero-order valence-corrected chi connectivity index (χ0v) is 19.1. The minimum atomic E-state index is -0.803. The van der Waals surface area contributed by atoms with Crippen molar-refractivity contribution in [1.82, 2.24) is 0 Å². The fourth-order valence-corrected chi connectivity index (χ4v) is 3.87. The summed E-state index contributed by atoms with van der Waals surface area (Å²) in [4.78, 5) is 53.2. The van der Waals surface area contributed by atoms with Gasteiger partial charge in [-0.25, -0.2) is 9.69 Å². The van der Waals surface area contributed by atoms with E-state index in [0.29, 0.717) is 10.7 Å². The Bertz CT molecular complexity index is 1350. The van der Waals surface area contributed by atoms with Crippen LogP contribution in [0, 0.1) is 11.3 Å². The molecule has 0 bridgehead atoms. The normalized spacial score (nSPS) is 12.2. The summed E-state index contributed by atoms with van der Waals surface area (Å²) in [5.41, 5.74) is 1.33. The van der Waals surface area contributed by atoms with Gasteiger partial charge in [-0.1, -0.05) is 35.9 Å². The molecule has 1 heterocycles. The lowest BCUT2D eigenvalue weighted by molar-refractivity contribution is -0.121. The third-order valence-corrected chi connectivity index (χ3v) is 5.56. The van der Waals surface area contributed by atoms with Crippen LogP contribution in [-0.4, -0.2) is 36.8 Å². The molecule has 9 heteroatoms. The van der Waals surface area contributed by atoms with Gasteiger partial charge in [0.2, 0.25) is 0 Å². The Morgan fingerprint density at radius 2 is 1.63 bits per heavy atom. The average molecular weight is 488 g/mol. The fourth-order valence-electron chi connectivity index (χ4n) is 3.69. The number of anilines is 2. The summed E-state index contributed by atoms with van der Waals surface area (Å²) < 4.78 is 5.20. The van der Waals surface area contributed by atoms with Gasteiger partial charge in [-0.3, -0.25) is 14.4 Å². The Morgan fingerprint density at radius 3 is 2.29 bits per heavy atom. The van der Waals surface area contributed by atoms with Crippen molar-refractivity contribution in [2.24, 2.45) is 0 Å². The van der Waals surface area contributed by atoms with Gasteiger partial charge >= 0.3 is 5.97 Å². The molecular weight excluding hydrogens is 470 g/mol. The third kappa shape index (κ3) is 4.90. The molecule has 0 aliphatic carbocycles. The van der Waals surface area contributed by atoms with E-state index in [-0.39, 0.29) is 35.3 Å². The molecule has 0 atom stereocenters. The van der Waals surface area contributed by atoms with Gasteiger partial charge < -0.3 is 9.64 Å². The Morgan fingerprint density at radius 1 is 0.943 bits per heavy atom. The van der Waals surface area contributed by atoms with Crippen LogP contribution in [0.2, 0.25) is 5.02 Å². The second-order valence-corrected chi connectivity index (χ2v) is 7.99. The van der Waals surface area contributed by atoms with Crippen molar-refractivity contribution in [2.75, 3.05) is 23.0 Å². The number of rotatable bonds is 7. The number of imide groups is 1. The lowest BCUT2D eigenvalue weighted by Crippen LogP contribution is -2.35. The summed E-state index contributed by atoms with van der Waals surface area (Å²) in [5, 5.41) is 9.34. The van der Waals surface area contributed by atoms with Gasteiger partial charge in [0.05, 0.1) is 34.9 Å². The van der Waals surface area contributed by atoms with E-state index < -0.39 is 30.3 Å². The molecule has 0 N–H and O–H groups in total. The Kier molecular flexibility index (Phi) is 6.90. The highest BCUT2D eigenvalue weighted by Crippen LogP contribution is 2.29. The molecule has 1 aliphatic rings. The number of ether oxygens (including phenoxy) is 1. The van der Waals surface area contributed by atoms with Gasteiger partial charge in [-0.05, 0) is 48.5 Å². The van der Waals surface area contributed by atoms with E-state index in [2.05, 4.69) is 0 Å². The van der Waals surface area contributed by atoms with E-state index in [1.165, 1.54) is 29.2 Å². The predicted octanol–water partition coefficient (Wildman–Crippen LogP) is 4.24. The summed E-state index contributed by atoms with van der Waals surface area (Å²) in [5.74, 6) is -2.31. The second kappa shape index (κ2) is 10.2. The van der Waals surface area contributed by atoms with Crippen LogP contribution in [0.1, 0.15) is 37.5 Å². The maximum Gasteiger partial charge on any atom is 0.338 e. The molecule has 35 heavy (non-hydrogen) atoms. The molecule has 174 valence electrons. The number of hydrogen-bond donors (Lipinski definition) is 0. The van der Waals surface area contributed by atoms with E-state index in [4.69, 9.17) is 21.6 Å². The molecular formula is C26H18ClN3O5. The van der Waals surface area contributed by atoms with Gasteiger partial charge in [0.15, 0.2) is 6.61 Å². The molecule has 4 rings (SSSR count). The molecule has 3 amide bonds. The highest BCUT2D eigenvalue weighted by Gasteiger charge is 2.36. The van der Waals surface area contributed by atoms with Crippen molar-refractivity contribution < 1.29 is 23.9 Å². The minimum Gasteiger partial charge on any atom is -0.452 e. The zero-order valence-electron chi connectivity index (χ0n) is 18.3. The minimum absolute atomic E-state index is 0.0678. The van der Waals surface area contributed by atoms with Crippen LogP contribution < -0.4 is 9.80 Å². The topological polar surface area (TPSA) is 108 Å². The van der Waals surface area contributed by atoms with Crippen molar-refractivity contribution in [2.45, 2.75) is 6.42 Å². The standard InChI is InChI=1S/C26H18ClN3O5/c27-18-7-4-8-19(15-18)29(13-5-12-28)23(31)16-35-26(34)17-6-3-9-20(14-17)30-24(32)21-10-1-2-11-22(21)25(30)33/h1-4,6-11,14-15H,5,13,16H2. The smallest absolute Gasteiger partial charge is 0.338 e. The summed E-state index contributed by atoms with van der Waals surface area (Å²) >= 11 is 6.01. The number of carbonyl (C=O) groups is 4. The monoisotopic (exact) mass is 487 g/mol. The molecule has 3 aromatic rings. The van der Waals surface area contributed by atoms with E-state index in [0.717, 1.165) is 4.90 Å². The number of amides is 3. The maximum atomic E-state index is 12.8. The molecule has 3 aromatic carbocycles. The average Bonchev–Trinajstić information content (AvgIpc) is 3.13. The molecule has 0 aromatic heterocycles. The Labute approximate surface area is 205 Å². The molecule has 1 aliphatic heterocycles. The number of hydrogen-bond acceptors (Lipinski definition) is 6.